The van der Waals surface area contributed by atoms with Gasteiger partial charge in [0.15, 0.2) is 0 Å². The first kappa shape index (κ1) is 7.98. The molecule has 1 heterocycles. The first-order valence-corrected chi connectivity index (χ1v) is 3.77. The molecule has 10 heavy (non-hydrogen) atoms. The molecule has 0 saturated carbocycles. The second kappa shape index (κ2) is 3.32. The van der Waals surface area contributed by atoms with E-state index in [4.69, 9.17) is 10.2 Å². The molecule has 1 aliphatic heterocycles. The van der Waals surface area contributed by atoms with Crippen LogP contribution in [0.3, 0.4) is 0 Å². The van der Waals surface area contributed by atoms with Gasteiger partial charge in [0.1, 0.15) is 0 Å². The van der Waals surface area contributed by atoms with Crippen molar-refractivity contribution in [2.75, 3.05) is 19.6 Å². The van der Waals surface area contributed by atoms with Gasteiger partial charge in [-0.1, -0.05) is 0 Å². The molecule has 1 saturated heterocycles. The molecule has 0 amide bonds. The SMILES string of the molecule is CC(O)CN1CCC(O)C1. The molecular formula is C7H15NO2. The van der Waals surface area contributed by atoms with Gasteiger partial charge in [-0.3, -0.25) is 4.90 Å². The Bertz CT molecular complexity index is 106. The molecule has 1 aliphatic rings. The van der Waals surface area contributed by atoms with Crippen LogP contribution in [0.5, 0.6) is 0 Å². The van der Waals surface area contributed by atoms with Gasteiger partial charge in [-0.05, 0) is 13.3 Å². The van der Waals surface area contributed by atoms with Crippen LogP contribution < -0.4 is 0 Å². The van der Waals surface area contributed by atoms with Gasteiger partial charge in [0.05, 0.1) is 12.2 Å². The van der Waals surface area contributed by atoms with E-state index in [-0.39, 0.29) is 12.2 Å². The van der Waals surface area contributed by atoms with Crippen LogP contribution in [0.15, 0.2) is 0 Å². The Hall–Kier alpha value is -0.120. The summed E-state index contributed by atoms with van der Waals surface area (Å²) >= 11 is 0. The van der Waals surface area contributed by atoms with E-state index in [2.05, 4.69) is 4.90 Å². The minimum absolute atomic E-state index is 0.168. The van der Waals surface area contributed by atoms with E-state index in [0.29, 0.717) is 6.54 Å². The Morgan fingerprint density at radius 1 is 1.70 bits per heavy atom. The lowest BCUT2D eigenvalue weighted by Crippen LogP contribution is -2.29. The summed E-state index contributed by atoms with van der Waals surface area (Å²) in [5.41, 5.74) is 0. The molecule has 0 aromatic carbocycles. The number of hydrogen-bond donors (Lipinski definition) is 2. The van der Waals surface area contributed by atoms with Crippen molar-refractivity contribution in [2.45, 2.75) is 25.6 Å². The van der Waals surface area contributed by atoms with E-state index in [0.717, 1.165) is 19.5 Å². The maximum absolute atomic E-state index is 9.09. The van der Waals surface area contributed by atoms with E-state index in [1.54, 1.807) is 6.92 Å². The van der Waals surface area contributed by atoms with Gasteiger partial charge in [-0.2, -0.15) is 0 Å². The fraction of sp³-hybridized carbons (Fsp3) is 1.00. The Balaban J connectivity index is 2.18. The fourth-order valence-corrected chi connectivity index (χ4v) is 1.35. The Morgan fingerprint density at radius 2 is 2.40 bits per heavy atom. The Morgan fingerprint density at radius 3 is 2.80 bits per heavy atom. The monoisotopic (exact) mass is 145 g/mol. The van der Waals surface area contributed by atoms with Crippen molar-refractivity contribution in [2.24, 2.45) is 0 Å². The summed E-state index contributed by atoms with van der Waals surface area (Å²) < 4.78 is 0. The van der Waals surface area contributed by atoms with Crippen molar-refractivity contribution in [3.05, 3.63) is 0 Å². The number of hydrogen-bond acceptors (Lipinski definition) is 3. The molecule has 0 bridgehead atoms. The summed E-state index contributed by atoms with van der Waals surface area (Å²) in [6.45, 7) is 4.11. The number of β-amino-alcohol motifs (C(OH)–C–C–N with tert-alkyl or cyclic N) is 2. The minimum Gasteiger partial charge on any atom is -0.392 e. The summed E-state index contributed by atoms with van der Waals surface area (Å²) in [7, 11) is 0. The summed E-state index contributed by atoms with van der Waals surface area (Å²) in [5, 5.41) is 18.1. The molecule has 3 nitrogen and oxygen atoms in total. The van der Waals surface area contributed by atoms with Crippen LogP contribution in [-0.2, 0) is 0 Å². The molecule has 2 unspecified atom stereocenters. The fourth-order valence-electron chi connectivity index (χ4n) is 1.35. The number of likely N-dealkylation sites (tertiary alicyclic amines) is 1. The maximum Gasteiger partial charge on any atom is 0.0679 e. The molecule has 1 rings (SSSR count). The van der Waals surface area contributed by atoms with E-state index >= 15 is 0 Å². The van der Waals surface area contributed by atoms with E-state index in [1.807, 2.05) is 0 Å². The largest absolute Gasteiger partial charge is 0.392 e. The molecule has 0 aromatic heterocycles. The first-order chi connectivity index (χ1) is 4.68. The Kier molecular flexibility index (Phi) is 2.65. The third-order valence-corrected chi connectivity index (χ3v) is 1.77. The van der Waals surface area contributed by atoms with Gasteiger partial charge in [0.25, 0.3) is 0 Å². The van der Waals surface area contributed by atoms with Crippen LogP contribution in [0.4, 0.5) is 0 Å². The van der Waals surface area contributed by atoms with E-state index in [9.17, 15) is 0 Å². The summed E-state index contributed by atoms with van der Waals surface area (Å²) in [6, 6.07) is 0. The van der Waals surface area contributed by atoms with E-state index in [1.165, 1.54) is 0 Å². The van der Waals surface area contributed by atoms with Gasteiger partial charge >= 0.3 is 0 Å². The highest BCUT2D eigenvalue weighted by atomic mass is 16.3. The molecule has 1 fully saturated rings. The third-order valence-electron chi connectivity index (χ3n) is 1.77. The predicted molar refractivity (Wildman–Crippen MR) is 38.7 cm³/mol. The number of aliphatic hydroxyl groups is 2. The van der Waals surface area contributed by atoms with Crippen LogP contribution in [0.1, 0.15) is 13.3 Å². The van der Waals surface area contributed by atoms with Crippen molar-refractivity contribution < 1.29 is 10.2 Å². The van der Waals surface area contributed by atoms with Gasteiger partial charge in [0, 0.05) is 19.6 Å². The molecule has 0 aromatic rings. The average Bonchev–Trinajstić information content (AvgIpc) is 2.13. The van der Waals surface area contributed by atoms with Gasteiger partial charge < -0.3 is 10.2 Å². The highest BCUT2D eigenvalue weighted by molar-refractivity contribution is 4.75. The molecule has 0 radical (unpaired) electrons. The second-order valence-corrected chi connectivity index (χ2v) is 3.05. The van der Waals surface area contributed by atoms with Crippen LogP contribution >= 0.6 is 0 Å². The lowest BCUT2D eigenvalue weighted by Gasteiger charge is -2.15. The standard InChI is InChI=1S/C7H15NO2/c1-6(9)4-8-3-2-7(10)5-8/h6-7,9-10H,2-5H2,1H3. The highest BCUT2D eigenvalue weighted by Crippen LogP contribution is 2.08. The number of nitrogens with zero attached hydrogens (tertiary/aromatic N) is 1. The van der Waals surface area contributed by atoms with Gasteiger partial charge in [0.2, 0.25) is 0 Å². The zero-order chi connectivity index (χ0) is 7.56. The molecule has 0 spiro atoms. The van der Waals surface area contributed by atoms with Crippen molar-refractivity contribution in [1.29, 1.82) is 0 Å². The molecule has 2 N–H and O–H groups in total. The summed E-state index contributed by atoms with van der Waals surface area (Å²) in [4.78, 5) is 2.08. The molecule has 0 aliphatic carbocycles. The third kappa shape index (κ3) is 2.25. The van der Waals surface area contributed by atoms with Crippen LogP contribution in [0.2, 0.25) is 0 Å². The quantitative estimate of drug-likeness (QED) is 0.547. The predicted octanol–water partition coefficient (Wildman–Crippen LogP) is -0.566. The van der Waals surface area contributed by atoms with E-state index < -0.39 is 0 Å². The molecular weight excluding hydrogens is 130 g/mol. The second-order valence-electron chi connectivity index (χ2n) is 3.05. The first-order valence-electron chi connectivity index (χ1n) is 3.77. The minimum atomic E-state index is -0.273. The lowest BCUT2D eigenvalue weighted by molar-refractivity contribution is 0.125. The topological polar surface area (TPSA) is 43.7 Å². The van der Waals surface area contributed by atoms with Crippen molar-refractivity contribution in [3.63, 3.8) is 0 Å². The van der Waals surface area contributed by atoms with Gasteiger partial charge in [-0.15, -0.1) is 0 Å². The van der Waals surface area contributed by atoms with Crippen molar-refractivity contribution in [3.8, 4) is 0 Å². The lowest BCUT2D eigenvalue weighted by atomic mass is 10.3. The maximum atomic E-state index is 9.09. The highest BCUT2D eigenvalue weighted by Gasteiger charge is 2.20. The molecule has 3 heteroatoms. The van der Waals surface area contributed by atoms with Crippen LogP contribution in [0.25, 0.3) is 0 Å². The number of rotatable bonds is 2. The number of aliphatic hydroxyl groups excluding tert-OH is 2. The van der Waals surface area contributed by atoms with Crippen LogP contribution in [0, 0.1) is 0 Å². The normalized spacial score (nSPS) is 30.9. The zero-order valence-corrected chi connectivity index (χ0v) is 6.32. The van der Waals surface area contributed by atoms with Crippen molar-refractivity contribution >= 4 is 0 Å². The smallest absolute Gasteiger partial charge is 0.0679 e. The summed E-state index contributed by atoms with van der Waals surface area (Å²) in [5.74, 6) is 0. The van der Waals surface area contributed by atoms with Crippen LogP contribution in [-0.4, -0.2) is 47.0 Å². The molecule has 2 atom stereocenters. The van der Waals surface area contributed by atoms with Crippen molar-refractivity contribution in [1.82, 2.24) is 4.90 Å². The average molecular weight is 145 g/mol. The summed E-state index contributed by atoms with van der Waals surface area (Å²) in [6.07, 6.45) is 0.413. The Labute approximate surface area is 61.3 Å². The molecule has 60 valence electrons. The zero-order valence-electron chi connectivity index (χ0n) is 6.32. The van der Waals surface area contributed by atoms with Gasteiger partial charge in [-0.25, -0.2) is 0 Å².